The van der Waals surface area contributed by atoms with Gasteiger partial charge in [0.15, 0.2) is 0 Å². The Bertz CT molecular complexity index is 121. The van der Waals surface area contributed by atoms with Crippen LogP contribution < -0.4 is 0 Å². The van der Waals surface area contributed by atoms with Crippen LogP contribution in [-0.2, 0) is 0 Å². The number of rotatable bonds is 3. The van der Waals surface area contributed by atoms with Crippen LogP contribution in [0.4, 0.5) is 4.79 Å². The largest absolute Gasteiger partial charge is 0.473 e. The molecule has 0 aromatic rings. The summed E-state index contributed by atoms with van der Waals surface area (Å²) in [6.45, 7) is 5.97. The zero-order valence-electron chi connectivity index (χ0n) is 6.68. The topological polar surface area (TPSA) is 37.3 Å². The fourth-order valence-corrected chi connectivity index (χ4v) is 1.67. The molecular weight excluding hydrogens is 148 g/mol. The van der Waals surface area contributed by atoms with Crippen LogP contribution in [0, 0.1) is 0 Å². The Morgan fingerprint density at radius 3 is 2.40 bits per heavy atom. The van der Waals surface area contributed by atoms with Crippen molar-refractivity contribution in [1.29, 1.82) is 0 Å². The molecule has 1 N–H and O–H groups in total. The molecule has 60 valence electrons. The number of carbonyl (C=O) groups is 1. The van der Waals surface area contributed by atoms with Crippen molar-refractivity contribution in [3.63, 3.8) is 0 Å². The quantitative estimate of drug-likeness (QED) is 0.693. The highest BCUT2D eigenvalue weighted by molar-refractivity contribution is 8.14. The van der Waals surface area contributed by atoms with Crippen LogP contribution in [-0.4, -0.2) is 15.2 Å². The molecule has 0 aromatic carbocycles. The molecule has 0 aromatic heterocycles. The van der Waals surface area contributed by atoms with E-state index >= 15 is 0 Å². The van der Waals surface area contributed by atoms with Gasteiger partial charge in [0.1, 0.15) is 0 Å². The smallest absolute Gasteiger partial charge is 0.365 e. The summed E-state index contributed by atoms with van der Waals surface area (Å²) in [5, 5.41) is 7.66. The average Bonchev–Trinajstić information content (AvgIpc) is 1.59. The van der Waals surface area contributed by atoms with Gasteiger partial charge in [-0.25, -0.2) is 4.79 Å². The van der Waals surface area contributed by atoms with Gasteiger partial charge in [0, 0.05) is 4.75 Å². The number of hydrogen-bond acceptors (Lipinski definition) is 2. The molecule has 0 aliphatic rings. The molecule has 10 heavy (non-hydrogen) atoms. The van der Waals surface area contributed by atoms with Gasteiger partial charge >= 0.3 is 5.30 Å². The van der Waals surface area contributed by atoms with Crippen LogP contribution in [0.3, 0.4) is 0 Å². The Hall–Kier alpha value is -0.180. The Labute approximate surface area is 66.0 Å². The van der Waals surface area contributed by atoms with Gasteiger partial charge in [-0.2, -0.15) is 0 Å². The van der Waals surface area contributed by atoms with E-state index < -0.39 is 5.30 Å². The first-order chi connectivity index (χ1) is 4.48. The highest BCUT2D eigenvalue weighted by Crippen LogP contribution is 2.29. The summed E-state index contributed by atoms with van der Waals surface area (Å²) in [7, 11) is 0. The monoisotopic (exact) mass is 162 g/mol. The van der Waals surface area contributed by atoms with E-state index in [0.29, 0.717) is 0 Å². The predicted octanol–water partition coefficient (Wildman–Crippen LogP) is 2.98. The second-order valence-corrected chi connectivity index (χ2v) is 4.54. The van der Waals surface area contributed by atoms with Crippen molar-refractivity contribution in [1.82, 2.24) is 0 Å². The molecule has 0 rings (SSSR count). The maximum absolute atomic E-state index is 10.3. The molecule has 2 nitrogen and oxygen atoms in total. The molecular formula is C7H14O2S. The lowest BCUT2D eigenvalue weighted by Crippen LogP contribution is -2.16. The first-order valence-corrected chi connectivity index (χ1v) is 4.21. The van der Waals surface area contributed by atoms with Crippen LogP contribution in [0.25, 0.3) is 0 Å². The lowest BCUT2D eigenvalue weighted by Gasteiger charge is -2.19. The molecule has 0 saturated heterocycles. The molecule has 0 aliphatic heterocycles. The Morgan fingerprint density at radius 2 is 2.10 bits per heavy atom. The van der Waals surface area contributed by atoms with E-state index in [1.54, 1.807) is 0 Å². The average molecular weight is 162 g/mol. The molecule has 0 atom stereocenters. The van der Waals surface area contributed by atoms with Crippen LogP contribution in [0.5, 0.6) is 0 Å². The van der Waals surface area contributed by atoms with Crippen molar-refractivity contribution in [3.8, 4) is 0 Å². The summed E-state index contributed by atoms with van der Waals surface area (Å²) in [6, 6.07) is 0. The molecule has 3 heteroatoms. The maximum Gasteiger partial charge on any atom is 0.365 e. The second-order valence-electron chi connectivity index (χ2n) is 2.88. The van der Waals surface area contributed by atoms with E-state index in [2.05, 4.69) is 6.92 Å². The normalized spacial score (nSPS) is 11.5. The minimum absolute atomic E-state index is 0.111. The predicted molar refractivity (Wildman–Crippen MR) is 44.6 cm³/mol. The molecule has 0 saturated carbocycles. The third kappa shape index (κ3) is 4.68. The van der Waals surface area contributed by atoms with Crippen LogP contribution in [0.2, 0.25) is 0 Å². The van der Waals surface area contributed by atoms with Crippen molar-refractivity contribution in [2.75, 3.05) is 0 Å². The van der Waals surface area contributed by atoms with Gasteiger partial charge < -0.3 is 5.11 Å². The van der Waals surface area contributed by atoms with Crippen LogP contribution in [0.1, 0.15) is 33.6 Å². The van der Waals surface area contributed by atoms with Gasteiger partial charge in [0.25, 0.3) is 0 Å². The van der Waals surface area contributed by atoms with Gasteiger partial charge in [-0.05, 0) is 18.2 Å². The SMILES string of the molecule is CCCC(C)(C)SC(=O)O. The fraction of sp³-hybridized carbons (Fsp3) is 0.857. The standard InChI is InChI=1S/C7H14O2S/c1-4-5-7(2,3)10-6(8)9/h4-5H2,1-3H3,(H,8,9). The van der Waals surface area contributed by atoms with Crippen molar-refractivity contribution < 1.29 is 9.90 Å². The summed E-state index contributed by atoms with van der Waals surface area (Å²) >= 11 is 0.998. The minimum Gasteiger partial charge on any atom is -0.473 e. The van der Waals surface area contributed by atoms with E-state index in [4.69, 9.17) is 5.11 Å². The maximum atomic E-state index is 10.3. The summed E-state index contributed by atoms with van der Waals surface area (Å²) < 4.78 is -0.111. The molecule has 0 amide bonds. The molecule has 0 unspecified atom stereocenters. The lowest BCUT2D eigenvalue weighted by atomic mass is 10.1. The summed E-state index contributed by atoms with van der Waals surface area (Å²) in [5.41, 5.74) is 0. The first kappa shape index (κ1) is 9.82. The molecule has 0 spiro atoms. The van der Waals surface area contributed by atoms with E-state index in [1.165, 1.54) is 0 Å². The van der Waals surface area contributed by atoms with E-state index in [1.807, 2.05) is 13.8 Å². The molecule has 0 bridgehead atoms. The van der Waals surface area contributed by atoms with E-state index in [0.717, 1.165) is 24.6 Å². The molecule has 0 fully saturated rings. The molecule has 0 aliphatic carbocycles. The molecule has 0 radical (unpaired) electrons. The van der Waals surface area contributed by atoms with Crippen molar-refractivity contribution in [2.24, 2.45) is 0 Å². The number of carboxylic acid groups (broad SMARTS) is 1. The van der Waals surface area contributed by atoms with Gasteiger partial charge in [-0.3, -0.25) is 0 Å². The minimum atomic E-state index is -0.779. The summed E-state index contributed by atoms with van der Waals surface area (Å²) in [5.74, 6) is 0. The van der Waals surface area contributed by atoms with E-state index in [-0.39, 0.29) is 4.75 Å². The number of thioether (sulfide) groups is 1. The van der Waals surface area contributed by atoms with Gasteiger partial charge in [0.2, 0.25) is 0 Å². The Kier molecular flexibility index (Phi) is 3.79. The van der Waals surface area contributed by atoms with Crippen LogP contribution in [0.15, 0.2) is 0 Å². The van der Waals surface area contributed by atoms with Crippen molar-refractivity contribution in [3.05, 3.63) is 0 Å². The van der Waals surface area contributed by atoms with Gasteiger partial charge in [-0.15, -0.1) is 0 Å². The lowest BCUT2D eigenvalue weighted by molar-refractivity contribution is 0.222. The summed E-state index contributed by atoms with van der Waals surface area (Å²) in [4.78, 5) is 10.3. The Balaban J connectivity index is 3.74. The molecule has 0 heterocycles. The highest BCUT2D eigenvalue weighted by Gasteiger charge is 2.20. The zero-order chi connectivity index (χ0) is 8.20. The zero-order valence-corrected chi connectivity index (χ0v) is 7.49. The second kappa shape index (κ2) is 3.86. The van der Waals surface area contributed by atoms with Crippen molar-refractivity contribution in [2.45, 2.75) is 38.4 Å². The first-order valence-electron chi connectivity index (χ1n) is 3.40. The Morgan fingerprint density at radius 1 is 1.60 bits per heavy atom. The number of hydrogen-bond donors (Lipinski definition) is 1. The third-order valence-electron chi connectivity index (χ3n) is 1.22. The van der Waals surface area contributed by atoms with Gasteiger partial charge in [-0.1, -0.05) is 27.2 Å². The highest BCUT2D eigenvalue weighted by atomic mass is 32.2. The van der Waals surface area contributed by atoms with E-state index in [9.17, 15) is 4.79 Å². The third-order valence-corrected chi connectivity index (χ3v) is 2.15. The van der Waals surface area contributed by atoms with Crippen LogP contribution >= 0.6 is 11.8 Å². The van der Waals surface area contributed by atoms with Crippen molar-refractivity contribution >= 4 is 17.1 Å². The fourth-order valence-electron chi connectivity index (χ4n) is 0.889. The summed E-state index contributed by atoms with van der Waals surface area (Å²) in [6.07, 6.45) is 1.98. The van der Waals surface area contributed by atoms with Gasteiger partial charge in [0.05, 0.1) is 0 Å².